The van der Waals surface area contributed by atoms with Crippen molar-refractivity contribution in [3.05, 3.63) is 0 Å². The smallest absolute Gasteiger partial charge is 0.144 e. The summed E-state index contributed by atoms with van der Waals surface area (Å²) in [6.07, 6.45) is 6.30. The molecule has 5 heteroatoms. The first-order valence-electron chi connectivity index (χ1n) is 7.80. The van der Waals surface area contributed by atoms with Crippen LogP contribution in [0.1, 0.15) is 52.4 Å². The first kappa shape index (κ1) is 15.6. The van der Waals surface area contributed by atoms with Gasteiger partial charge in [0.15, 0.2) is 0 Å². The van der Waals surface area contributed by atoms with E-state index in [4.69, 9.17) is 10.9 Å². The van der Waals surface area contributed by atoms with Crippen molar-refractivity contribution in [3.8, 4) is 0 Å². The maximum Gasteiger partial charge on any atom is 0.144 e. The normalized spacial score (nSPS) is 33.0. The van der Waals surface area contributed by atoms with Gasteiger partial charge in [-0.05, 0) is 32.2 Å². The Morgan fingerprint density at radius 1 is 1.40 bits per heavy atom. The molecule has 0 radical (unpaired) electrons. The van der Waals surface area contributed by atoms with Crippen LogP contribution in [0.5, 0.6) is 0 Å². The number of hydrogen-bond donors (Lipinski definition) is 3. The summed E-state index contributed by atoms with van der Waals surface area (Å²) in [7, 11) is 0. The highest BCUT2D eigenvalue weighted by molar-refractivity contribution is 5.85. The van der Waals surface area contributed by atoms with Gasteiger partial charge in [0.1, 0.15) is 5.84 Å². The third-order valence-electron chi connectivity index (χ3n) is 5.37. The van der Waals surface area contributed by atoms with Crippen molar-refractivity contribution in [2.24, 2.45) is 22.2 Å². The van der Waals surface area contributed by atoms with E-state index in [2.05, 4.69) is 10.1 Å². The number of oxime groups is 1. The van der Waals surface area contributed by atoms with E-state index >= 15 is 0 Å². The summed E-state index contributed by atoms with van der Waals surface area (Å²) in [6.45, 7) is 6.89. The van der Waals surface area contributed by atoms with Crippen LogP contribution in [-0.4, -0.2) is 46.3 Å². The lowest BCUT2D eigenvalue weighted by molar-refractivity contribution is -0.0958. The van der Waals surface area contributed by atoms with E-state index in [1.54, 1.807) is 0 Å². The van der Waals surface area contributed by atoms with Crippen LogP contribution in [0.2, 0.25) is 0 Å². The lowest BCUT2D eigenvalue weighted by Gasteiger charge is -2.47. The molecule has 1 aliphatic carbocycles. The Hall–Kier alpha value is -0.810. The molecule has 0 spiro atoms. The van der Waals surface area contributed by atoms with Crippen LogP contribution in [0, 0.1) is 11.3 Å². The molecule has 1 saturated heterocycles. The number of amidine groups is 1. The second kappa shape index (κ2) is 5.90. The maximum atomic E-state index is 10.7. The average molecular weight is 283 g/mol. The standard InChI is InChI=1S/C15H29N3O2/c1-14(2,13(16)17-20)7-9-18-10-8-15(19)6-4-3-5-12(15)11-18/h12,19-20H,3-11H2,1-2H3,(H2,16,17). The number of likely N-dealkylation sites (tertiary alicyclic amines) is 1. The van der Waals surface area contributed by atoms with Crippen molar-refractivity contribution >= 4 is 5.84 Å². The summed E-state index contributed by atoms with van der Waals surface area (Å²) in [5, 5.41) is 22.6. The molecule has 0 aromatic rings. The van der Waals surface area contributed by atoms with E-state index in [0.717, 1.165) is 45.3 Å². The Balaban J connectivity index is 1.87. The predicted octanol–water partition coefficient (Wildman–Crippen LogP) is 1.78. The molecule has 1 aliphatic heterocycles. The van der Waals surface area contributed by atoms with Gasteiger partial charge in [0.25, 0.3) is 0 Å². The Morgan fingerprint density at radius 2 is 2.15 bits per heavy atom. The fraction of sp³-hybridized carbons (Fsp3) is 0.933. The first-order chi connectivity index (χ1) is 9.37. The van der Waals surface area contributed by atoms with Crippen LogP contribution in [0.25, 0.3) is 0 Å². The second-order valence-corrected chi connectivity index (χ2v) is 7.22. The fourth-order valence-electron chi connectivity index (χ4n) is 3.54. The van der Waals surface area contributed by atoms with Gasteiger partial charge in [0.05, 0.1) is 5.60 Å². The van der Waals surface area contributed by atoms with E-state index in [1.807, 2.05) is 13.8 Å². The molecule has 2 unspecified atom stereocenters. The Labute approximate surface area is 121 Å². The number of piperidine rings is 1. The molecule has 1 heterocycles. The van der Waals surface area contributed by atoms with Crippen LogP contribution >= 0.6 is 0 Å². The van der Waals surface area contributed by atoms with Crippen LogP contribution in [0.15, 0.2) is 5.16 Å². The average Bonchev–Trinajstić information content (AvgIpc) is 2.43. The molecular formula is C15H29N3O2. The second-order valence-electron chi connectivity index (χ2n) is 7.22. The van der Waals surface area contributed by atoms with Gasteiger partial charge in [0, 0.05) is 24.4 Å². The van der Waals surface area contributed by atoms with Gasteiger partial charge < -0.3 is 20.9 Å². The van der Waals surface area contributed by atoms with Crippen LogP contribution < -0.4 is 5.73 Å². The molecule has 20 heavy (non-hydrogen) atoms. The Bertz CT molecular complexity index is 370. The van der Waals surface area contributed by atoms with E-state index in [1.165, 1.54) is 12.8 Å². The lowest BCUT2D eigenvalue weighted by atomic mass is 9.71. The molecule has 4 N–H and O–H groups in total. The van der Waals surface area contributed by atoms with E-state index in [-0.39, 0.29) is 5.41 Å². The molecule has 0 amide bonds. The van der Waals surface area contributed by atoms with Crippen LogP contribution in [-0.2, 0) is 0 Å². The van der Waals surface area contributed by atoms with Crippen molar-refractivity contribution in [2.45, 2.75) is 58.0 Å². The summed E-state index contributed by atoms with van der Waals surface area (Å²) in [5.74, 6) is 0.723. The molecule has 2 aliphatic rings. The zero-order chi connectivity index (χ0) is 14.8. The molecule has 2 rings (SSSR count). The predicted molar refractivity (Wildman–Crippen MR) is 79.8 cm³/mol. The van der Waals surface area contributed by atoms with E-state index < -0.39 is 5.60 Å². The van der Waals surface area contributed by atoms with E-state index in [0.29, 0.717) is 11.8 Å². The summed E-state index contributed by atoms with van der Waals surface area (Å²) in [4.78, 5) is 2.43. The number of fused-ring (bicyclic) bond motifs is 1. The molecule has 1 saturated carbocycles. The molecule has 5 nitrogen and oxygen atoms in total. The third-order valence-corrected chi connectivity index (χ3v) is 5.37. The highest BCUT2D eigenvalue weighted by atomic mass is 16.4. The Kier molecular flexibility index (Phi) is 4.59. The first-order valence-corrected chi connectivity index (χ1v) is 7.80. The maximum absolute atomic E-state index is 10.7. The minimum atomic E-state index is -0.407. The molecule has 0 bridgehead atoms. The highest BCUT2D eigenvalue weighted by Gasteiger charge is 2.42. The van der Waals surface area contributed by atoms with Crippen LogP contribution in [0.3, 0.4) is 0 Å². The van der Waals surface area contributed by atoms with Crippen molar-refractivity contribution in [2.75, 3.05) is 19.6 Å². The van der Waals surface area contributed by atoms with Crippen LogP contribution in [0.4, 0.5) is 0 Å². The number of nitrogens with zero attached hydrogens (tertiary/aromatic N) is 2. The highest BCUT2D eigenvalue weighted by Crippen LogP contribution is 2.40. The van der Waals surface area contributed by atoms with Gasteiger partial charge in [-0.1, -0.05) is 31.8 Å². The summed E-state index contributed by atoms with van der Waals surface area (Å²) in [5.41, 5.74) is 5.05. The molecule has 0 aromatic carbocycles. The van der Waals surface area contributed by atoms with Crippen molar-refractivity contribution in [1.29, 1.82) is 0 Å². The molecule has 2 atom stereocenters. The minimum absolute atomic E-state index is 0.283. The third kappa shape index (κ3) is 3.26. The summed E-state index contributed by atoms with van der Waals surface area (Å²) in [6, 6.07) is 0. The summed E-state index contributed by atoms with van der Waals surface area (Å²) >= 11 is 0. The number of nitrogens with two attached hydrogens (primary N) is 1. The molecule has 0 aromatic heterocycles. The Morgan fingerprint density at radius 3 is 2.85 bits per heavy atom. The van der Waals surface area contributed by atoms with Crippen molar-refractivity contribution in [1.82, 2.24) is 4.90 Å². The molecule has 2 fully saturated rings. The van der Waals surface area contributed by atoms with Gasteiger partial charge in [-0.15, -0.1) is 0 Å². The van der Waals surface area contributed by atoms with Gasteiger partial charge in [-0.25, -0.2) is 0 Å². The zero-order valence-electron chi connectivity index (χ0n) is 12.8. The lowest BCUT2D eigenvalue weighted by Crippen LogP contribution is -2.53. The molecular weight excluding hydrogens is 254 g/mol. The fourth-order valence-corrected chi connectivity index (χ4v) is 3.54. The largest absolute Gasteiger partial charge is 0.409 e. The SMILES string of the molecule is CC(C)(CCN1CCC2(O)CCCCC2C1)C(N)=NO. The number of hydrogen-bond acceptors (Lipinski definition) is 4. The van der Waals surface area contributed by atoms with Gasteiger partial charge in [0.2, 0.25) is 0 Å². The topological polar surface area (TPSA) is 82.1 Å². The zero-order valence-corrected chi connectivity index (χ0v) is 12.8. The quantitative estimate of drug-likeness (QED) is 0.318. The monoisotopic (exact) mass is 283 g/mol. The number of rotatable bonds is 4. The van der Waals surface area contributed by atoms with Crippen molar-refractivity contribution < 1.29 is 10.3 Å². The van der Waals surface area contributed by atoms with Gasteiger partial charge >= 0.3 is 0 Å². The molecule has 116 valence electrons. The van der Waals surface area contributed by atoms with Crippen molar-refractivity contribution in [3.63, 3.8) is 0 Å². The van der Waals surface area contributed by atoms with Gasteiger partial charge in [-0.3, -0.25) is 0 Å². The van der Waals surface area contributed by atoms with Gasteiger partial charge in [-0.2, -0.15) is 0 Å². The summed E-state index contributed by atoms with van der Waals surface area (Å²) < 4.78 is 0. The number of aliphatic hydroxyl groups is 1. The van der Waals surface area contributed by atoms with E-state index in [9.17, 15) is 5.11 Å². The minimum Gasteiger partial charge on any atom is -0.409 e.